The van der Waals surface area contributed by atoms with Crippen LogP contribution in [0.4, 0.5) is 13.2 Å². The summed E-state index contributed by atoms with van der Waals surface area (Å²) in [7, 11) is 1.39. The zero-order chi connectivity index (χ0) is 14.8. The van der Waals surface area contributed by atoms with E-state index >= 15 is 0 Å². The van der Waals surface area contributed by atoms with Crippen LogP contribution >= 0.6 is 0 Å². The van der Waals surface area contributed by atoms with Gasteiger partial charge in [0, 0.05) is 11.1 Å². The van der Waals surface area contributed by atoms with E-state index in [1.54, 1.807) is 18.2 Å². The number of ether oxygens (including phenoxy) is 1. The van der Waals surface area contributed by atoms with Crippen molar-refractivity contribution >= 4 is 12.2 Å². The molecule has 2 N–H and O–H groups in total. The van der Waals surface area contributed by atoms with Gasteiger partial charge >= 0.3 is 6.18 Å². The molecule has 0 bridgehead atoms. The molecule has 0 aliphatic heterocycles. The van der Waals surface area contributed by atoms with Crippen LogP contribution in [0.2, 0.25) is 0 Å². The van der Waals surface area contributed by atoms with Crippen LogP contribution in [0, 0.1) is 0 Å². The summed E-state index contributed by atoms with van der Waals surface area (Å²) in [4.78, 5) is 0. The van der Waals surface area contributed by atoms with Gasteiger partial charge in [-0.1, -0.05) is 24.3 Å². The SMILES string of the molecule is COc1cccc(C=Cc2cn[nH]c2C(F)(F)F)c1O. The first kappa shape index (κ1) is 14.0. The second-order valence-corrected chi connectivity index (χ2v) is 3.93. The van der Waals surface area contributed by atoms with E-state index in [1.807, 2.05) is 5.10 Å². The Morgan fingerprint density at radius 3 is 2.60 bits per heavy atom. The second kappa shape index (κ2) is 5.28. The summed E-state index contributed by atoms with van der Waals surface area (Å²) in [5, 5.41) is 15.1. The zero-order valence-corrected chi connectivity index (χ0v) is 10.4. The molecule has 0 aliphatic carbocycles. The van der Waals surface area contributed by atoms with Crippen LogP contribution < -0.4 is 4.74 Å². The highest BCUT2D eigenvalue weighted by Gasteiger charge is 2.34. The van der Waals surface area contributed by atoms with E-state index < -0.39 is 11.9 Å². The Morgan fingerprint density at radius 2 is 1.95 bits per heavy atom. The quantitative estimate of drug-likeness (QED) is 0.909. The third-order valence-corrected chi connectivity index (χ3v) is 2.64. The summed E-state index contributed by atoms with van der Waals surface area (Å²) in [6, 6.07) is 4.73. The van der Waals surface area contributed by atoms with Crippen LogP contribution in [0.15, 0.2) is 24.4 Å². The fourth-order valence-electron chi connectivity index (χ4n) is 1.67. The number of halogens is 3. The maximum Gasteiger partial charge on any atom is 0.433 e. The van der Waals surface area contributed by atoms with Crippen LogP contribution in [0.25, 0.3) is 12.2 Å². The molecule has 0 radical (unpaired) electrons. The van der Waals surface area contributed by atoms with Crippen molar-refractivity contribution in [2.24, 2.45) is 0 Å². The predicted octanol–water partition coefficient (Wildman–Crippen LogP) is 3.31. The fraction of sp³-hybridized carbons (Fsp3) is 0.154. The number of phenols is 1. The van der Waals surface area contributed by atoms with Crippen LogP contribution in [0.5, 0.6) is 11.5 Å². The van der Waals surface area contributed by atoms with E-state index in [4.69, 9.17) is 4.74 Å². The van der Waals surface area contributed by atoms with E-state index in [2.05, 4.69) is 5.10 Å². The minimum atomic E-state index is -4.51. The molecular weight excluding hydrogens is 273 g/mol. The maximum atomic E-state index is 12.6. The summed E-state index contributed by atoms with van der Waals surface area (Å²) in [6.45, 7) is 0. The van der Waals surface area contributed by atoms with Crippen molar-refractivity contribution < 1.29 is 23.0 Å². The number of hydrogen-bond acceptors (Lipinski definition) is 3. The van der Waals surface area contributed by atoms with E-state index in [9.17, 15) is 18.3 Å². The van der Waals surface area contributed by atoms with Crippen molar-refractivity contribution in [2.75, 3.05) is 7.11 Å². The van der Waals surface area contributed by atoms with Gasteiger partial charge in [-0.2, -0.15) is 18.3 Å². The monoisotopic (exact) mass is 284 g/mol. The lowest BCUT2D eigenvalue weighted by Crippen LogP contribution is -2.07. The number of methoxy groups -OCH3 is 1. The van der Waals surface area contributed by atoms with Crippen molar-refractivity contribution in [3.8, 4) is 11.5 Å². The molecule has 7 heteroatoms. The number of alkyl halides is 3. The highest BCUT2D eigenvalue weighted by Crippen LogP contribution is 2.33. The van der Waals surface area contributed by atoms with Crippen LogP contribution in [-0.4, -0.2) is 22.4 Å². The summed E-state index contributed by atoms with van der Waals surface area (Å²) in [6.07, 6.45) is -0.859. The number of nitrogens with zero attached hydrogens (tertiary/aromatic N) is 1. The molecule has 0 amide bonds. The number of para-hydroxylation sites is 1. The average Bonchev–Trinajstić information content (AvgIpc) is 2.86. The molecule has 0 aliphatic rings. The molecule has 0 fully saturated rings. The first-order valence-electron chi connectivity index (χ1n) is 5.58. The minimum absolute atomic E-state index is 0.111. The van der Waals surface area contributed by atoms with Gasteiger partial charge in [-0.25, -0.2) is 0 Å². The lowest BCUT2D eigenvalue weighted by atomic mass is 10.1. The van der Waals surface area contributed by atoms with Crippen molar-refractivity contribution in [1.29, 1.82) is 0 Å². The van der Waals surface area contributed by atoms with Gasteiger partial charge < -0.3 is 9.84 Å². The number of aromatic amines is 1. The normalized spacial score (nSPS) is 12.0. The number of aromatic hydroxyl groups is 1. The number of hydrogen-bond donors (Lipinski definition) is 2. The number of benzene rings is 1. The molecule has 0 saturated carbocycles. The topological polar surface area (TPSA) is 58.1 Å². The molecule has 106 valence electrons. The molecule has 2 aromatic rings. The van der Waals surface area contributed by atoms with Crippen molar-refractivity contribution in [1.82, 2.24) is 10.2 Å². The standard InChI is InChI=1S/C13H11F3N2O2/c1-20-10-4-2-3-8(11(10)19)5-6-9-7-17-18-12(9)13(14,15)16/h2-7,19H,1H3,(H,17,18). The third-order valence-electron chi connectivity index (χ3n) is 2.64. The third kappa shape index (κ3) is 2.76. The predicted molar refractivity (Wildman–Crippen MR) is 67.2 cm³/mol. The van der Waals surface area contributed by atoms with Crippen molar-refractivity contribution in [3.63, 3.8) is 0 Å². The number of rotatable bonds is 3. The van der Waals surface area contributed by atoms with Crippen molar-refractivity contribution in [2.45, 2.75) is 6.18 Å². The second-order valence-electron chi connectivity index (χ2n) is 3.93. The Morgan fingerprint density at radius 1 is 1.25 bits per heavy atom. The van der Waals surface area contributed by atoms with E-state index in [-0.39, 0.29) is 17.1 Å². The first-order valence-corrected chi connectivity index (χ1v) is 5.58. The van der Waals surface area contributed by atoms with Gasteiger partial charge in [-0.05, 0) is 6.07 Å². The van der Waals surface area contributed by atoms with Gasteiger partial charge in [-0.15, -0.1) is 0 Å². The van der Waals surface area contributed by atoms with E-state index in [0.717, 1.165) is 6.20 Å². The first-order chi connectivity index (χ1) is 9.43. The van der Waals surface area contributed by atoms with Crippen LogP contribution in [-0.2, 0) is 6.18 Å². The Bertz CT molecular complexity index is 633. The molecule has 20 heavy (non-hydrogen) atoms. The van der Waals surface area contributed by atoms with Crippen molar-refractivity contribution in [3.05, 3.63) is 41.2 Å². The lowest BCUT2D eigenvalue weighted by Gasteiger charge is -2.06. The Hall–Kier alpha value is -2.44. The molecule has 0 unspecified atom stereocenters. The van der Waals surface area contributed by atoms with E-state index in [0.29, 0.717) is 5.56 Å². The average molecular weight is 284 g/mol. The number of aromatic nitrogens is 2. The molecule has 0 spiro atoms. The van der Waals surface area contributed by atoms with Gasteiger partial charge in [-0.3, -0.25) is 5.10 Å². The summed E-state index contributed by atoms with van der Waals surface area (Å²) < 4.78 is 42.8. The Kier molecular flexibility index (Phi) is 3.69. The zero-order valence-electron chi connectivity index (χ0n) is 10.4. The summed E-state index contributed by atoms with van der Waals surface area (Å²) in [5.41, 5.74) is -0.700. The molecule has 1 aromatic heterocycles. The molecular formula is C13H11F3N2O2. The van der Waals surface area contributed by atoms with Gasteiger partial charge in [0.05, 0.1) is 13.3 Å². The summed E-state index contributed by atoms with van der Waals surface area (Å²) >= 11 is 0. The van der Waals surface area contributed by atoms with Gasteiger partial charge in [0.2, 0.25) is 0 Å². The van der Waals surface area contributed by atoms with Gasteiger partial charge in [0.25, 0.3) is 0 Å². The fourth-order valence-corrected chi connectivity index (χ4v) is 1.67. The highest BCUT2D eigenvalue weighted by molar-refractivity contribution is 5.74. The maximum absolute atomic E-state index is 12.6. The molecule has 4 nitrogen and oxygen atoms in total. The number of H-pyrrole nitrogens is 1. The molecule has 1 aromatic carbocycles. The summed E-state index contributed by atoms with van der Waals surface area (Å²) in [5.74, 6) is 0.110. The van der Waals surface area contributed by atoms with Gasteiger partial charge in [0.1, 0.15) is 5.69 Å². The largest absolute Gasteiger partial charge is 0.504 e. The highest BCUT2D eigenvalue weighted by atomic mass is 19.4. The molecule has 0 atom stereocenters. The molecule has 2 rings (SSSR count). The number of nitrogens with one attached hydrogen (secondary N) is 1. The van der Waals surface area contributed by atoms with Crippen LogP contribution in [0.3, 0.4) is 0 Å². The Labute approximate surface area is 112 Å². The molecule has 1 heterocycles. The van der Waals surface area contributed by atoms with Crippen LogP contribution in [0.1, 0.15) is 16.8 Å². The Balaban J connectivity index is 2.34. The smallest absolute Gasteiger partial charge is 0.433 e. The minimum Gasteiger partial charge on any atom is -0.504 e. The molecule has 0 saturated heterocycles. The number of phenolic OH excluding ortho intramolecular Hbond substituents is 1. The van der Waals surface area contributed by atoms with E-state index in [1.165, 1.54) is 19.3 Å². The van der Waals surface area contributed by atoms with Gasteiger partial charge in [0.15, 0.2) is 11.5 Å². The lowest BCUT2D eigenvalue weighted by molar-refractivity contribution is -0.141.